The third kappa shape index (κ3) is 4.69. The van der Waals surface area contributed by atoms with Crippen molar-refractivity contribution in [3.8, 4) is 0 Å². The zero-order chi connectivity index (χ0) is 17.6. The molecule has 2 aliphatic rings. The van der Waals surface area contributed by atoms with Crippen molar-refractivity contribution in [2.24, 2.45) is 0 Å². The largest absolute Gasteiger partial charge is 0.342 e. The second-order valence-electron chi connectivity index (χ2n) is 6.88. The van der Waals surface area contributed by atoms with Crippen LogP contribution in [0.2, 0.25) is 0 Å². The van der Waals surface area contributed by atoms with Gasteiger partial charge in [-0.1, -0.05) is 24.3 Å². The minimum Gasteiger partial charge on any atom is -0.342 e. The molecule has 2 saturated heterocycles. The highest BCUT2D eigenvalue weighted by Gasteiger charge is 2.24. The Morgan fingerprint density at radius 2 is 1.64 bits per heavy atom. The molecule has 0 saturated carbocycles. The van der Waals surface area contributed by atoms with E-state index in [9.17, 15) is 9.59 Å². The highest BCUT2D eigenvalue weighted by Crippen LogP contribution is 2.11. The Morgan fingerprint density at radius 3 is 2.32 bits per heavy atom. The molecule has 0 N–H and O–H groups in total. The van der Waals surface area contributed by atoms with Gasteiger partial charge in [-0.15, -0.1) is 0 Å². The van der Waals surface area contributed by atoms with Crippen molar-refractivity contribution in [2.75, 3.05) is 45.8 Å². The minimum absolute atomic E-state index is 0.0498. The van der Waals surface area contributed by atoms with E-state index in [0.29, 0.717) is 19.6 Å². The summed E-state index contributed by atoms with van der Waals surface area (Å²) in [7, 11) is 0. The van der Waals surface area contributed by atoms with E-state index in [2.05, 4.69) is 4.90 Å². The summed E-state index contributed by atoms with van der Waals surface area (Å²) in [4.78, 5) is 30.6. The zero-order valence-electron chi connectivity index (χ0n) is 15.0. The number of benzene rings is 1. The Bertz CT molecular complexity index is 642. The molecular formula is C20H27N3O2. The molecule has 1 aromatic carbocycles. The summed E-state index contributed by atoms with van der Waals surface area (Å²) in [5.41, 5.74) is 2.24. The summed E-state index contributed by atoms with van der Waals surface area (Å²) >= 11 is 0. The lowest BCUT2D eigenvalue weighted by Gasteiger charge is -2.34. The summed E-state index contributed by atoms with van der Waals surface area (Å²) in [6.07, 6.45) is 5.80. The lowest BCUT2D eigenvalue weighted by Crippen LogP contribution is -2.51. The second-order valence-corrected chi connectivity index (χ2v) is 6.88. The van der Waals surface area contributed by atoms with E-state index in [0.717, 1.165) is 50.1 Å². The van der Waals surface area contributed by atoms with Crippen LogP contribution in [0.15, 0.2) is 30.3 Å². The topological polar surface area (TPSA) is 43.9 Å². The molecule has 3 rings (SSSR count). The molecule has 2 heterocycles. The minimum atomic E-state index is 0.0498. The van der Waals surface area contributed by atoms with Crippen molar-refractivity contribution < 1.29 is 9.59 Å². The van der Waals surface area contributed by atoms with Crippen LogP contribution in [0.25, 0.3) is 6.08 Å². The molecule has 0 spiro atoms. The van der Waals surface area contributed by atoms with Crippen molar-refractivity contribution in [3.63, 3.8) is 0 Å². The predicted octanol–water partition coefficient (Wildman–Crippen LogP) is 1.77. The van der Waals surface area contributed by atoms with Gasteiger partial charge in [-0.3, -0.25) is 14.5 Å². The van der Waals surface area contributed by atoms with Crippen molar-refractivity contribution in [1.29, 1.82) is 0 Å². The van der Waals surface area contributed by atoms with E-state index in [-0.39, 0.29) is 11.8 Å². The maximum absolute atomic E-state index is 12.4. The van der Waals surface area contributed by atoms with Crippen LogP contribution in [0.3, 0.4) is 0 Å². The van der Waals surface area contributed by atoms with E-state index < -0.39 is 0 Å². The normalized spacial score (nSPS) is 18.9. The van der Waals surface area contributed by atoms with Crippen molar-refractivity contribution in [3.05, 3.63) is 41.5 Å². The first-order valence-corrected chi connectivity index (χ1v) is 9.16. The van der Waals surface area contributed by atoms with Gasteiger partial charge in [0.15, 0.2) is 0 Å². The molecule has 0 radical (unpaired) electrons. The summed E-state index contributed by atoms with van der Waals surface area (Å²) in [6, 6.07) is 8.03. The Balaban J connectivity index is 1.46. The van der Waals surface area contributed by atoms with E-state index in [4.69, 9.17) is 0 Å². The second kappa shape index (κ2) is 8.30. The molecule has 2 amide bonds. The predicted molar refractivity (Wildman–Crippen MR) is 99.0 cm³/mol. The van der Waals surface area contributed by atoms with Gasteiger partial charge in [0.1, 0.15) is 0 Å². The molecular weight excluding hydrogens is 314 g/mol. The molecule has 0 atom stereocenters. The van der Waals surface area contributed by atoms with Gasteiger partial charge in [0.2, 0.25) is 11.8 Å². The number of likely N-dealkylation sites (tertiary alicyclic amines) is 1. The number of hydrogen-bond acceptors (Lipinski definition) is 3. The molecule has 1 aromatic rings. The molecule has 0 unspecified atom stereocenters. The zero-order valence-corrected chi connectivity index (χ0v) is 15.0. The summed E-state index contributed by atoms with van der Waals surface area (Å²) in [5, 5.41) is 0. The average molecular weight is 341 g/mol. The summed E-state index contributed by atoms with van der Waals surface area (Å²) in [5.74, 6) is 0.283. The Labute approximate surface area is 149 Å². The van der Waals surface area contributed by atoms with Gasteiger partial charge in [0.05, 0.1) is 6.54 Å². The molecule has 25 heavy (non-hydrogen) atoms. The average Bonchev–Trinajstić information content (AvgIpc) is 3.16. The number of carbonyl (C=O) groups is 2. The maximum Gasteiger partial charge on any atom is 0.246 e. The van der Waals surface area contributed by atoms with E-state index in [1.807, 2.05) is 47.1 Å². The smallest absolute Gasteiger partial charge is 0.246 e. The van der Waals surface area contributed by atoms with Crippen molar-refractivity contribution in [2.45, 2.75) is 19.8 Å². The van der Waals surface area contributed by atoms with Crippen LogP contribution in [0.4, 0.5) is 0 Å². The number of nitrogens with zero attached hydrogens (tertiary/aromatic N) is 3. The van der Waals surface area contributed by atoms with Gasteiger partial charge in [0.25, 0.3) is 0 Å². The van der Waals surface area contributed by atoms with Gasteiger partial charge in [0, 0.05) is 45.3 Å². The van der Waals surface area contributed by atoms with Crippen LogP contribution in [-0.2, 0) is 9.59 Å². The van der Waals surface area contributed by atoms with Crippen LogP contribution in [0.1, 0.15) is 24.0 Å². The summed E-state index contributed by atoms with van der Waals surface area (Å²) in [6.45, 7) is 7.24. The lowest BCUT2D eigenvalue weighted by atomic mass is 10.1. The first-order valence-electron chi connectivity index (χ1n) is 9.16. The van der Waals surface area contributed by atoms with Crippen molar-refractivity contribution >= 4 is 17.9 Å². The van der Waals surface area contributed by atoms with Crippen LogP contribution in [-0.4, -0.2) is 72.3 Å². The first-order chi connectivity index (χ1) is 12.1. The third-order valence-corrected chi connectivity index (χ3v) is 5.10. The molecule has 2 aliphatic heterocycles. The Hall–Kier alpha value is -2.14. The van der Waals surface area contributed by atoms with Gasteiger partial charge < -0.3 is 9.80 Å². The van der Waals surface area contributed by atoms with Crippen LogP contribution < -0.4 is 0 Å². The monoisotopic (exact) mass is 341 g/mol. The molecule has 2 fully saturated rings. The molecule has 5 heteroatoms. The fourth-order valence-corrected chi connectivity index (χ4v) is 3.42. The molecule has 134 valence electrons. The number of rotatable bonds is 4. The van der Waals surface area contributed by atoms with Crippen molar-refractivity contribution in [1.82, 2.24) is 14.7 Å². The van der Waals surface area contributed by atoms with Gasteiger partial charge >= 0.3 is 0 Å². The molecule has 5 nitrogen and oxygen atoms in total. The number of carbonyl (C=O) groups excluding carboxylic acids is 2. The van der Waals surface area contributed by atoms with Crippen LogP contribution in [0, 0.1) is 6.92 Å². The highest BCUT2D eigenvalue weighted by molar-refractivity contribution is 5.92. The Kier molecular flexibility index (Phi) is 5.87. The lowest BCUT2D eigenvalue weighted by molar-refractivity contribution is -0.132. The number of hydrogen-bond donors (Lipinski definition) is 0. The quantitative estimate of drug-likeness (QED) is 0.784. The Morgan fingerprint density at radius 1 is 0.960 bits per heavy atom. The standard InChI is InChI=1S/C20H27N3O2/c1-17-6-2-3-7-18(17)8-9-19(24)23-14-12-21(13-15-23)16-20(25)22-10-4-5-11-22/h2-3,6-9H,4-5,10-16H2,1H3/b9-8+. The van der Waals surface area contributed by atoms with E-state index in [1.165, 1.54) is 0 Å². The van der Waals surface area contributed by atoms with Gasteiger partial charge in [-0.05, 0) is 37.0 Å². The maximum atomic E-state index is 12.4. The first kappa shape index (κ1) is 17.7. The van der Waals surface area contributed by atoms with Gasteiger partial charge in [-0.2, -0.15) is 0 Å². The van der Waals surface area contributed by atoms with Crippen LogP contribution in [0.5, 0.6) is 0 Å². The van der Waals surface area contributed by atoms with E-state index in [1.54, 1.807) is 6.08 Å². The highest BCUT2D eigenvalue weighted by atomic mass is 16.2. The molecule has 0 bridgehead atoms. The number of aryl methyl sites for hydroxylation is 1. The third-order valence-electron chi connectivity index (χ3n) is 5.10. The number of amides is 2. The SMILES string of the molecule is Cc1ccccc1/C=C/C(=O)N1CCN(CC(=O)N2CCCC2)CC1. The number of piperazine rings is 1. The van der Waals surface area contributed by atoms with Gasteiger partial charge in [-0.25, -0.2) is 0 Å². The molecule has 0 aliphatic carbocycles. The summed E-state index contributed by atoms with van der Waals surface area (Å²) < 4.78 is 0. The fraction of sp³-hybridized carbons (Fsp3) is 0.500. The van der Waals surface area contributed by atoms with Crippen LogP contribution >= 0.6 is 0 Å². The fourth-order valence-electron chi connectivity index (χ4n) is 3.42. The van der Waals surface area contributed by atoms with E-state index >= 15 is 0 Å². The molecule has 0 aromatic heterocycles.